The van der Waals surface area contributed by atoms with Gasteiger partial charge in [-0.05, 0) is 30.4 Å². The summed E-state index contributed by atoms with van der Waals surface area (Å²) in [6, 6.07) is 9.04. The summed E-state index contributed by atoms with van der Waals surface area (Å²) >= 11 is 0. The van der Waals surface area contributed by atoms with Gasteiger partial charge in [0, 0.05) is 19.1 Å². The van der Waals surface area contributed by atoms with Crippen LogP contribution < -0.4 is 5.73 Å². The Bertz CT molecular complexity index is 484. The number of rotatable bonds is 7. The highest BCUT2D eigenvalue weighted by atomic mass is 15.2. The van der Waals surface area contributed by atoms with Crippen LogP contribution in [0.5, 0.6) is 0 Å². The average Bonchev–Trinajstić information content (AvgIpc) is 2.48. The van der Waals surface area contributed by atoms with E-state index in [1.807, 2.05) is 12.2 Å². The molecule has 0 saturated carbocycles. The van der Waals surface area contributed by atoms with Crippen LogP contribution in [0.2, 0.25) is 0 Å². The van der Waals surface area contributed by atoms with Gasteiger partial charge in [0.25, 0.3) is 0 Å². The first-order valence-electron chi connectivity index (χ1n) is 8.00. The summed E-state index contributed by atoms with van der Waals surface area (Å²) in [4.78, 5) is 2.42. The van der Waals surface area contributed by atoms with Crippen LogP contribution in [-0.4, -0.2) is 24.0 Å². The van der Waals surface area contributed by atoms with E-state index in [0.29, 0.717) is 6.04 Å². The number of hydrogen-bond donors (Lipinski definition) is 1. The molecule has 0 amide bonds. The topological polar surface area (TPSA) is 29.3 Å². The molecule has 0 heterocycles. The van der Waals surface area contributed by atoms with Crippen LogP contribution in [0, 0.1) is 0 Å². The van der Waals surface area contributed by atoms with Crippen LogP contribution in [-0.2, 0) is 12.0 Å². The number of aryl methyl sites for hydroxylation is 1. The van der Waals surface area contributed by atoms with Crippen molar-refractivity contribution >= 4 is 0 Å². The number of nitrogens with two attached hydrogens (primary N) is 1. The molecule has 2 N–H and O–H groups in total. The van der Waals surface area contributed by atoms with Gasteiger partial charge in [-0.2, -0.15) is 0 Å². The van der Waals surface area contributed by atoms with E-state index in [0.717, 1.165) is 38.8 Å². The maximum atomic E-state index is 6.98. The van der Waals surface area contributed by atoms with Crippen molar-refractivity contribution in [1.82, 2.24) is 4.90 Å². The maximum absolute atomic E-state index is 6.98. The molecule has 1 aromatic carbocycles. The van der Waals surface area contributed by atoms with E-state index in [4.69, 9.17) is 5.73 Å². The average molecular weight is 284 g/mol. The standard InChI is InChI=1S/C19H28N2/c1-4-13-19(20)17-10-8-7-9-16(17)11-12-18(19)21(14-5-2)15-6-3/h5-10,18H,2-4,11-15,20H2,1H3. The van der Waals surface area contributed by atoms with Gasteiger partial charge in [-0.1, -0.05) is 49.8 Å². The fourth-order valence-electron chi connectivity index (χ4n) is 3.81. The predicted molar refractivity (Wildman–Crippen MR) is 91.3 cm³/mol. The van der Waals surface area contributed by atoms with Crippen LogP contribution in [0.1, 0.15) is 37.3 Å². The molecule has 0 fully saturated rings. The molecular formula is C19H28N2. The molecule has 1 aliphatic carbocycles. The lowest BCUT2D eigenvalue weighted by molar-refractivity contribution is 0.117. The van der Waals surface area contributed by atoms with E-state index in [9.17, 15) is 0 Å². The Morgan fingerprint density at radius 2 is 1.95 bits per heavy atom. The van der Waals surface area contributed by atoms with E-state index >= 15 is 0 Å². The zero-order chi connectivity index (χ0) is 15.3. The highest BCUT2D eigenvalue weighted by molar-refractivity contribution is 5.38. The van der Waals surface area contributed by atoms with E-state index in [1.54, 1.807) is 0 Å². The summed E-state index contributed by atoms with van der Waals surface area (Å²) in [5.74, 6) is 0. The van der Waals surface area contributed by atoms with Gasteiger partial charge in [0.1, 0.15) is 0 Å². The van der Waals surface area contributed by atoms with Crippen molar-refractivity contribution in [1.29, 1.82) is 0 Å². The predicted octanol–water partition coefficient (Wildman–Crippen LogP) is 3.63. The Hall–Kier alpha value is -1.38. The molecule has 2 atom stereocenters. The number of nitrogens with zero attached hydrogens (tertiary/aromatic N) is 1. The minimum absolute atomic E-state index is 0.268. The number of benzene rings is 1. The minimum atomic E-state index is -0.268. The summed E-state index contributed by atoms with van der Waals surface area (Å²) in [5.41, 5.74) is 9.46. The van der Waals surface area contributed by atoms with Gasteiger partial charge in [0.15, 0.2) is 0 Å². The van der Waals surface area contributed by atoms with Gasteiger partial charge in [-0.25, -0.2) is 0 Å². The van der Waals surface area contributed by atoms with Crippen molar-refractivity contribution in [3.8, 4) is 0 Å². The second-order valence-corrected chi connectivity index (χ2v) is 6.03. The van der Waals surface area contributed by atoms with Crippen molar-refractivity contribution in [3.05, 3.63) is 60.7 Å². The lowest BCUT2D eigenvalue weighted by Crippen LogP contribution is -2.58. The molecule has 0 saturated heterocycles. The van der Waals surface area contributed by atoms with Gasteiger partial charge in [-0.15, -0.1) is 13.2 Å². The molecule has 114 valence electrons. The third kappa shape index (κ3) is 3.12. The molecule has 1 aromatic rings. The molecule has 1 aliphatic rings. The summed E-state index contributed by atoms with van der Waals surface area (Å²) in [7, 11) is 0. The SMILES string of the molecule is C=CCN(CC=C)C1CCc2ccccc2C1(N)CCC. The van der Waals surface area contributed by atoms with Crippen LogP contribution in [0.3, 0.4) is 0 Å². The second kappa shape index (κ2) is 7.06. The van der Waals surface area contributed by atoms with Crippen LogP contribution in [0.15, 0.2) is 49.6 Å². The number of fused-ring (bicyclic) bond motifs is 1. The molecule has 0 aliphatic heterocycles. The van der Waals surface area contributed by atoms with Crippen molar-refractivity contribution < 1.29 is 0 Å². The summed E-state index contributed by atoms with van der Waals surface area (Å²) in [5, 5.41) is 0. The lowest BCUT2D eigenvalue weighted by atomic mass is 9.70. The number of hydrogen-bond acceptors (Lipinski definition) is 2. The summed E-state index contributed by atoms with van der Waals surface area (Å²) < 4.78 is 0. The van der Waals surface area contributed by atoms with Crippen molar-refractivity contribution in [2.24, 2.45) is 5.73 Å². The quantitative estimate of drug-likeness (QED) is 0.775. The Morgan fingerprint density at radius 3 is 2.57 bits per heavy atom. The molecule has 2 nitrogen and oxygen atoms in total. The Labute approximate surface area is 129 Å². The normalized spacial score (nSPS) is 24.6. The minimum Gasteiger partial charge on any atom is -0.320 e. The second-order valence-electron chi connectivity index (χ2n) is 6.03. The molecule has 2 unspecified atom stereocenters. The van der Waals surface area contributed by atoms with Gasteiger partial charge in [-0.3, -0.25) is 4.90 Å². The van der Waals surface area contributed by atoms with Crippen molar-refractivity contribution in [3.63, 3.8) is 0 Å². The van der Waals surface area contributed by atoms with E-state index in [2.05, 4.69) is 49.2 Å². The molecule has 0 aromatic heterocycles. The molecule has 2 rings (SSSR count). The maximum Gasteiger partial charge on any atom is 0.0570 e. The summed E-state index contributed by atoms with van der Waals surface area (Å²) in [6.45, 7) is 11.7. The smallest absolute Gasteiger partial charge is 0.0570 e. The van der Waals surface area contributed by atoms with E-state index in [-0.39, 0.29) is 5.54 Å². The molecule has 0 bridgehead atoms. The first kappa shape index (κ1) is 16.0. The first-order valence-corrected chi connectivity index (χ1v) is 8.00. The Kier molecular flexibility index (Phi) is 5.38. The molecule has 21 heavy (non-hydrogen) atoms. The van der Waals surface area contributed by atoms with Crippen LogP contribution in [0.4, 0.5) is 0 Å². The van der Waals surface area contributed by atoms with Crippen molar-refractivity contribution in [2.75, 3.05) is 13.1 Å². The molecular weight excluding hydrogens is 256 g/mol. The van der Waals surface area contributed by atoms with Gasteiger partial charge in [0.05, 0.1) is 5.54 Å². The Morgan fingerprint density at radius 1 is 1.29 bits per heavy atom. The lowest BCUT2D eigenvalue weighted by Gasteiger charge is -2.47. The van der Waals surface area contributed by atoms with Gasteiger partial charge in [0.2, 0.25) is 0 Å². The van der Waals surface area contributed by atoms with Gasteiger partial charge >= 0.3 is 0 Å². The monoisotopic (exact) mass is 284 g/mol. The first-order chi connectivity index (χ1) is 10.2. The highest BCUT2D eigenvalue weighted by Gasteiger charge is 2.42. The van der Waals surface area contributed by atoms with E-state index < -0.39 is 0 Å². The largest absolute Gasteiger partial charge is 0.320 e. The fraction of sp³-hybridized carbons (Fsp3) is 0.474. The van der Waals surface area contributed by atoms with Gasteiger partial charge < -0.3 is 5.73 Å². The molecule has 0 radical (unpaired) electrons. The summed E-state index contributed by atoms with van der Waals surface area (Å²) in [6.07, 6.45) is 8.26. The third-order valence-electron chi connectivity index (χ3n) is 4.63. The van der Waals surface area contributed by atoms with Crippen LogP contribution >= 0.6 is 0 Å². The zero-order valence-electron chi connectivity index (χ0n) is 13.2. The molecule has 2 heteroatoms. The Balaban J connectivity index is 2.41. The zero-order valence-corrected chi connectivity index (χ0v) is 13.2. The van der Waals surface area contributed by atoms with Crippen molar-refractivity contribution in [2.45, 2.75) is 44.2 Å². The highest BCUT2D eigenvalue weighted by Crippen LogP contribution is 2.39. The van der Waals surface area contributed by atoms with E-state index in [1.165, 1.54) is 11.1 Å². The molecule has 0 spiro atoms. The van der Waals surface area contributed by atoms with Crippen LogP contribution in [0.25, 0.3) is 0 Å². The fourth-order valence-corrected chi connectivity index (χ4v) is 3.81. The third-order valence-corrected chi connectivity index (χ3v) is 4.63.